The molecule has 1 N–H and O–H groups in total. The van der Waals surface area contributed by atoms with Crippen LogP contribution in [0.5, 0.6) is 0 Å². The summed E-state index contributed by atoms with van der Waals surface area (Å²) in [7, 11) is -2.52. The number of aryl methyl sites for hydroxylation is 1. The first-order valence-electron chi connectivity index (χ1n) is 11.6. The Bertz CT molecular complexity index is 1300. The van der Waals surface area contributed by atoms with Gasteiger partial charge in [-0.15, -0.1) is 0 Å². The van der Waals surface area contributed by atoms with E-state index in [4.69, 9.17) is 0 Å². The minimum Gasteiger partial charge on any atom is -0.357 e. The highest BCUT2D eigenvalue weighted by Crippen LogP contribution is 2.25. The van der Waals surface area contributed by atoms with Crippen LogP contribution in [0.3, 0.4) is 0 Å². The minimum absolute atomic E-state index is 0.0833. The Morgan fingerprint density at radius 3 is 2.22 bits per heavy atom. The number of nitrogens with one attached hydrogen (secondary N) is 1. The largest absolute Gasteiger partial charge is 0.357 e. The monoisotopic (exact) mass is 619 g/mol. The lowest BCUT2D eigenvalue weighted by atomic mass is 10.1. The molecule has 190 valence electrons. The standard InChI is InChI=1S/C27H30IN3O4S/c1-4-25(27(33)29-3)30(18-21-10-8-9-20(2)17-21)26(32)19-31(23-15-13-22(28)14-16-23)36(34,35)24-11-6-5-7-12-24/h5-17,25H,4,18-19H2,1-3H3,(H,29,33). The van der Waals surface area contributed by atoms with Gasteiger partial charge in [-0.3, -0.25) is 13.9 Å². The van der Waals surface area contributed by atoms with Crippen LogP contribution in [-0.4, -0.2) is 44.8 Å². The Morgan fingerprint density at radius 1 is 0.972 bits per heavy atom. The fourth-order valence-corrected chi connectivity index (χ4v) is 5.74. The molecule has 0 aliphatic carbocycles. The number of likely N-dealkylation sites (N-methyl/N-ethyl adjacent to an activating group) is 1. The lowest BCUT2D eigenvalue weighted by Gasteiger charge is -2.33. The average Bonchev–Trinajstić information content (AvgIpc) is 2.88. The predicted molar refractivity (Wildman–Crippen MR) is 150 cm³/mol. The molecule has 0 saturated carbocycles. The zero-order valence-corrected chi connectivity index (χ0v) is 23.5. The highest BCUT2D eigenvalue weighted by molar-refractivity contribution is 14.1. The lowest BCUT2D eigenvalue weighted by Crippen LogP contribution is -2.51. The van der Waals surface area contributed by atoms with Gasteiger partial charge in [-0.2, -0.15) is 0 Å². The predicted octanol–water partition coefficient (Wildman–Crippen LogP) is 4.35. The molecular formula is C27H30IN3O4S. The molecular weight excluding hydrogens is 589 g/mol. The quantitative estimate of drug-likeness (QED) is 0.342. The molecule has 0 saturated heterocycles. The molecule has 3 rings (SSSR count). The maximum absolute atomic E-state index is 13.8. The van der Waals surface area contributed by atoms with Gasteiger partial charge in [0.15, 0.2) is 0 Å². The van der Waals surface area contributed by atoms with Crippen LogP contribution in [-0.2, 0) is 26.2 Å². The maximum atomic E-state index is 13.8. The number of amides is 2. The Kier molecular flexibility index (Phi) is 9.49. The summed E-state index contributed by atoms with van der Waals surface area (Å²) in [6.07, 6.45) is 0.381. The van der Waals surface area contributed by atoms with Gasteiger partial charge in [0.25, 0.3) is 10.0 Å². The molecule has 9 heteroatoms. The van der Waals surface area contributed by atoms with Crippen LogP contribution >= 0.6 is 22.6 Å². The number of carbonyl (C=O) groups excluding carboxylic acids is 2. The van der Waals surface area contributed by atoms with E-state index >= 15 is 0 Å². The summed E-state index contributed by atoms with van der Waals surface area (Å²) in [6, 6.07) is 21.9. The van der Waals surface area contributed by atoms with Crippen molar-refractivity contribution < 1.29 is 18.0 Å². The third-order valence-corrected chi connectivity index (χ3v) is 8.30. The summed E-state index contributed by atoms with van der Waals surface area (Å²) in [4.78, 5) is 28.1. The molecule has 3 aromatic carbocycles. The van der Waals surface area contributed by atoms with Gasteiger partial charge >= 0.3 is 0 Å². The number of benzene rings is 3. The van der Waals surface area contributed by atoms with Gasteiger partial charge in [-0.25, -0.2) is 8.42 Å². The fraction of sp³-hybridized carbons (Fsp3) is 0.259. The zero-order chi connectivity index (χ0) is 26.3. The van der Waals surface area contributed by atoms with Crippen molar-refractivity contribution in [2.75, 3.05) is 17.9 Å². The molecule has 0 aliphatic rings. The van der Waals surface area contributed by atoms with Crippen molar-refractivity contribution in [1.29, 1.82) is 0 Å². The molecule has 3 aromatic rings. The van der Waals surface area contributed by atoms with Gasteiger partial charge in [0.1, 0.15) is 12.6 Å². The van der Waals surface area contributed by atoms with Crippen LogP contribution in [0.2, 0.25) is 0 Å². The fourth-order valence-electron chi connectivity index (χ4n) is 3.95. The van der Waals surface area contributed by atoms with E-state index in [2.05, 4.69) is 27.9 Å². The first-order chi connectivity index (χ1) is 17.2. The van der Waals surface area contributed by atoms with Crippen molar-refractivity contribution in [3.63, 3.8) is 0 Å². The van der Waals surface area contributed by atoms with Gasteiger partial charge < -0.3 is 10.2 Å². The molecule has 0 aromatic heterocycles. The van der Waals surface area contributed by atoms with E-state index in [1.54, 1.807) is 42.5 Å². The summed E-state index contributed by atoms with van der Waals surface area (Å²) >= 11 is 2.14. The molecule has 1 atom stereocenters. The molecule has 0 aliphatic heterocycles. The van der Waals surface area contributed by atoms with E-state index in [0.29, 0.717) is 12.1 Å². The van der Waals surface area contributed by atoms with Crippen molar-refractivity contribution >= 4 is 50.1 Å². The number of rotatable bonds is 10. The number of sulfonamides is 1. The smallest absolute Gasteiger partial charge is 0.264 e. The summed E-state index contributed by atoms with van der Waals surface area (Å²) < 4.78 is 29.4. The van der Waals surface area contributed by atoms with Gasteiger partial charge in [-0.05, 0) is 77.9 Å². The molecule has 1 unspecified atom stereocenters. The number of hydrogen-bond donors (Lipinski definition) is 1. The lowest BCUT2D eigenvalue weighted by molar-refractivity contribution is -0.140. The molecule has 36 heavy (non-hydrogen) atoms. The van der Waals surface area contributed by atoms with Crippen molar-refractivity contribution in [2.45, 2.75) is 37.8 Å². The second kappa shape index (κ2) is 12.4. The Morgan fingerprint density at radius 2 is 1.64 bits per heavy atom. The van der Waals surface area contributed by atoms with Crippen LogP contribution in [0.1, 0.15) is 24.5 Å². The molecule has 0 radical (unpaired) electrons. The summed E-state index contributed by atoms with van der Waals surface area (Å²) in [6.45, 7) is 3.51. The summed E-state index contributed by atoms with van der Waals surface area (Å²) in [5, 5.41) is 2.63. The van der Waals surface area contributed by atoms with E-state index < -0.39 is 28.5 Å². The molecule has 2 amide bonds. The third-order valence-electron chi connectivity index (χ3n) is 5.79. The summed E-state index contributed by atoms with van der Waals surface area (Å²) in [5.41, 5.74) is 2.26. The van der Waals surface area contributed by atoms with E-state index in [9.17, 15) is 18.0 Å². The first-order valence-corrected chi connectivity index (χ1v) is 14.1. The molecule has 0 bridgehead atoms. The topological polar surface area (TPSA) is 86.8 Å². The molecule has 0 heterocycles. The number of carbonyl (C=O) groups is 2. The van der Waals surface area contributed by atoms with Gasteiger partial charge in [0.2, 0.25) is 11.8 Å². The highest BCUT2D eigenvalue weighted by atomic mass is 127. The highest BCUT2D eigenvalue weighted by Gasteiger charge is 2.33. The molecule has 0 spiro atoms. The number of nitrogens with zero attached hydrogens (tertiary/aromatic N) is 2. The summed E-state index contributed by atoms with van der Waals surface area (Å²) in [5.74, 6) is -0.768. The van der Waals surface area contributed by atoms with Gasteiger partial charge in [0, 0.05) is 17.2 Å². The zero-order valence-electron chi connectivity index (χ0n) is 20.5. The van der Waals surface area contributed by atoms with Gasteiger partial charge in [-0.1, -0.05) is 55.0 Å². The van der Waals surface area contributed by atoms with Crippen molar-refractivity contribution in [3.8, 4) is 0 Å². The normalized spacial score (nSPS) is 12.0. The Balaban J connectivity index is 2.04. The second-order valence-corrected chi connectivity index (χ2v) is 11.5. The number of halogens is 1. The van der Waals surface area contributed by atoms with Crippen molar-refractivity contribution in [1.82, 2.24) is 10.2 Å². The number of anilines is 1. The van der Waals surface area contributed by atoms with E-state index in [1.807, 2.05) is 38.1 Å². The molecule has 0 fully saturated rings. The van der Waals surface area contributed by atoms with Crippen molar-refractivity contribution in [3.05, 3.63) is 93.6 Å². The second-order valence-electron chi connectivity index (χ2n) is 8.35. The van der Waals surface area contributed by atoms with Crippen molar-refractivity contribution in [2.24, 2.45) is 0 Å². The first kappa shape index (κ1) is 27.7. The van der Waals surface area contributed by atoms with Crippen LogP contribution in [0.15, 0.2) is 83.8 Å². The average molecular weight is 620 g/mol. The van der Waals surface area contributed by atoms with Crippen LogP contribution in [0, 0.1) is 10.5 Å². The van der Waals surface area contributed by atoms with Crippen LogP contribution in [0.4, 0.5) is 5.69 Å². The van der Waals surface area contributed by atoms with E-state index in [1.165, 1.54) is 24.1 Å². The molecule has 7 nitrogen and oxygen atoms in total. The van der Waals surface area contributed by atoms with Gasteiger partial charge in [0.05, 0.1) is 10.6 Å². The van der Waals surface area contributed by atoms with E-state index in [-0.39, 0.29) is 17.3 Å². The minimum atomic E-state index is -4.05. The van der Waals surface area contributed by atoms with Crippen LogP contribution in [0.25, 0.3) is 0 Å². The SMILES string of the molecule is CCC(C(=O)NC)N(Cc1cccc(C)c1)C(=O)CN(c1ccc(I)cc1)S(=O)(=O)c1ccccc1. The maximum Gasteiger partial charge on any atom is 0.264 e. The number of hydrogen-bond acceptors (Lipinski definition) is 4. The Labute approximate surface area is 226 Å². The van der Waals surface area contributed by atoms with Crippen LogP contribution < -0.4 is 9.62 Å². The van der Waals surface area contributed by atoms with E-state index in [0.717, 1.165) is 19.0 Å². The third kappa shape index (κ3) is 6.64. The Hall–Kier alpha value is -2.92.